The summed E-state index contributed by atoms with van der Waals surface area (Å²) >= 11 is 0. The Bertz CT molecular complexity index is 272. The number of unbranched alkanes of at least 4 members (excludes halogenated alkanes) is 5. The number of rotatable bonds is 12. The van der Waals surface area contributed by atoms with Gasteiger partial charge < -0.3 is 21.5 Å². The van der Waals surface area contributed by atoms with Gasteiger partial charge in [0.1, 0.15) is 6.04 Å². The van der Waals surface area contributed by atoms with Gasteiger partial charge in [-0.3, -0.25) is 4.79 Å². The van der Waals surface area contributed by atoms with Crippen LogP contribution in [0.3, 0.4) is 0 Å². The highest BCUT2D eigenvalue weighted by molar-refractivity contribution is 5.75. The molecule has 1 atom stereocenters. The van der Waals surface area contributed by atoms with Gasteiger partial charge >= 0.3 is 12.0 Å². The zero-order valence-electron chi connectivity index (χ0n) is 12.5. The molecule has 0 aromatic rings. The van der Waals surface area contributed by atoms with E-state index in [4.69, 9.17) is 16.2 Å². The number of urea groups is 1. The summed E-state index contributed by atoms with van der Waals surface area (Å²) in [6.07, 6.45) is 8.01. The Morgan fingerprint density at radius 1 is 1.10 bits per heavy atom. The van der Waals surface area contributed by atoms with Crippen molar-refractivity contribution in [1.82, 2.24) is 5.32 Å². The maximum absolute atomic E-state index is 11.5. The molecular formula is C14H29N3O3. The van der Waals surface area contributed by atoms with Crippen LogP contribution in [0.4, 0.5) is 4.79 Å². The molecule has 0 rings (SSSR count). The van der Waals surface area contributed by atoms with Gasteiger partial charge in [0.25, 0.3) is 0 Å². The van der Waals surface area contributed by atoms with Crippen LogP contribution in [0.5, 0.6) is 0 Å². The van der Waals surface area contributed by atoms with E-state index in [9.17, 15) is 9.59 Å². The van der Waals surface area contributed by atoms with Crippen LogP contribution >= 0.6 is 0 Å². The van der Waals surface area contributed by atoms with Gasteiger partial charge in [0.2, 0.25) is 0 Å². The van der Waals surface area contributed by atoms with Gasteiger partial charge in [-0.1, -0.05) is 39.0 Å². The molecule has 0 aromatic carbocycles. The number of carbonyl (C=O) groups is 2. The fourth-order valence-electron chi connectivity index (χ4n) is 1.81. The maximum atomic E-state index is 11.5. The molecule has 2 amide bonds. The number of hydrogen-bond donors (Lipinski definition) is 3. The minimum absolute atomic E-state index is 0.363. The van der Waals surface area contributed by atoms with E-state index in [1.54, 1.807) is 0 Å². The topological polar surface area (TPSA) is 107 Å². The van der Waals surface area contributed by atoms with Gasteiger partial charge in [0.15, 0.2) is 0 Å². The first-order valence-corrected chi connectivity index (χ1v) is 7.53. The van der Waals surface area contributed by atoms with Crippen LogP contribution in [0.1, 0.15) is 58.3 Å². The van der Waals surface area contributed by atoms with Crippen LogP contribution in [-0.2, 0) is 9.53 Å². The van der Waals surface area contributed by atoms with Crippen LogP contribution in [0.2, 0.25) is 0 Å². The smallest absolute Gasteiger partial charge is 0.322 e. The fraction of sp³-hybridized carbons (Fsp3) is 0.857. The van der Waals surface area contributed by atoms with Gasteiger partial charge in [-0.25, -0.2) is 4.79 Å². The lowest BCUT2D eigenvalue weighted by Gasteiger charge is -2.11. The van der Waals surface area contributed by atoms with Gasteiger partial charge in [-0.15, -0.1) is 0 Å². The molecule has 0 bridgehead atoms. The average Bonchev–Trinajstić information content (AvgIpc) is 2.41. The third-order valence-electron chi connectivity index (χ3n) is 3.04. The van der Waals surface area contributed by atoms with Crippen LogP contribution in [0.25, 0.3) is 0 Å². The summed E-state index contributed by atoms with van der Waals surface area (Å²) in [4.78, 5) is 22.0. The maximum Gasteiger partial charge on any atom is 0.322 e. The van der Waals surface area contributed by atoms with Crippen molar-refractivity contribution in [3.63, 3.8) is 0 Å². The normalized spacial score (nSPS) is 11.9. The standard InChI is InChI=1S/C14H29N3O3/c1-2-3-4-5-6-7-11-20-13(18)12(15)9-8-10-17-14(16)19/h12H,2-11,15H2,1H3,(H3,16,17,19)/t12-/m0/s1. The van der Waals surface area contributed by atoms with E-state index >= 15 is 0 Å². The third kappa shape index (κ3) is 11.8. The van der Waals surface area contributed by atoms with E-state index in [0.29, 0.717) is 26.0 Å². The third-order valence-corrected chi connectivity index (χ3v) is 3.04. The zero-order valence-corrected chi connectivity index (χ0v) is 12.5. The summed E-state index contributed by atoms with van der Waals surface area (Å²) in [7, 11) is 0. The molecule has 0 fully saturated rings. The quantitative estimate of drug-likeness (QED) is 0.375. The van der Waals surface area contributed by atoms with Crippen molar-refractivity contribution in [2.45, 2.75) is 64.3 Å². The van der Waals surface area contributed by atoms with Crippen LogP contribution < -0.4 is 16.8 Å². The minimum atomic E-state index is -0.621. The molecule has 0 aliphatic rings. The summed E-state index contributed by atoms with van der Waals surface area (Å²) in [5, 5.41) is 2.45. The molecule has 0 spiro atoms. The van der Waals surface area contributed by atoms with Gasteiger partial charge in [0.05, 0.1) is 6.61 Å². The number of primary amides is 1. The van der Waals surface area contributed by atoms with E-state index in [1.807, 2.05) is 0 Å². The molecule has 0 saturated carbocycles. The summed E-state index contributed by atoms with van der Waals surface area (Å²) < 4.78 is 5.11. The molecule has 6 nitrogen and oxygen atoms in total. The number of nitrogens with two attached hydrogens (primary N) is 2. The highest BCUT2D eigenvalue weighted by Crippen LogP contribution is 2.05. The predicted octanol–water partition coefficient (Wildman–Crippen LogP) is 1.67. The Morgan fingerprint density at radius 2 is 1.75 bits per heavy atom. The largest absolute Gasteiger partial charge is 0.465 e. The minimum Gasteiger partial charge on any atom is -0.465 e. The summed E-state index contributed by atoms with van der Waals surface area (Å²) in [6.45, 7) is 3.05. The first-order valence-electron chi connectivity index (χ1n) is 7.53. The SMILES string of the molecule is CCCCCCCCOC(=O)[C@@H](N)CCCNC(N)=O. The summed E-state index contributed by atoms with van der Waals surface area (Å²) in [6, 6.07) is -1.19. The van der Waals surface area contributed by atoms with Crippen molar-refractivity contribution in [2.75, 3.05) is 13.2 Å². The second-order valence-corrected chi connectivity index (χ2v) is 4.98. The first-order chi connectivity index (χ1) is 9.57. The molecule has 0 unspecified atom stereocenters. The van der Waals surface area contributed by atoms with Crippen molar-refractivity contribution < 1.29 is 14.3 Å². The lowest BCUT2D eigenvalue weighted by atomic mass is 10.1. The van der Waals surface area contributed by atoms with E-state index < -0.39 is 12.1 Å². The van der Waals surface area contributed by atoms with Crippen molar-refractivity contribution in [2.24, 2.45) is 11.5 Å². The fourth-order valence-corrected chi connectivity index (χ4v) is 1.81. The van der Waals surface area contributed by atoms with E-state index in [1.165, 1.54) is 25.7 Å². The number of esters is 1. The number of hydrogen-bond acceptors (Lipinski definition) is 4. The average molecular weight is 287 g/mol. The Balaban J connectivity index is 3.43. The van der Waals surface area contributed by atoms with Crippen LogP contribution in [0, 0.1) is 0 Å². The highest BCUT2D eigenvalue weighted by Gasteiger charge is 2.14. The van der Waals surface area contributed by atoms with Crippen molar-refractivity contribution in [3.8, 4) is 0 Å². The molecule has 5 N–H and O–H groups in total. The predicted molar refractivity (Wildman–Crippen MR) is 79.1 cm³/mol. The Kier molecular flexibility index (Phi) is 11.9. The second kappa shape index (κ2) is 12.7. The van der Waals surface area contributed by atoms with Crippen LogP contribution in [0.15, 0.2) is 0 Å². The molecule has 0 heterocycles. The second-order valence-electron chi connectivity index (χ2n) is 4.98. The Labute approximate surface area is 121 Å². The van der Waals surface area contributed by atoms with Crippen LogP contribution in [-0.4, -0.2) is 31.2 Å². The lowest BCUT2D eigenvalue weighted by molar-refractivity contribution is -0.145. The van der Waals surface area contributed by atoms with Crippen molar-refractivity contribution in [1.29, 1.82) is 0 Å². The number of amides is 2. The zero-order chi connectivity index (χ0) is 15.2. The lowest BCUT2D eigenvalue weighted by Crippen LogP contribution is -2.35. The summed E-state index contributed by atoms with van der Waals surface area (Å²) in [5.41, 5.74) is 10.6. The summed E-state index contributed by atoms with van der Waals surface area (Å²) in [5.74, 6) is -0.363. The molecule has 0 saturated heterocycles. The van der Waals surface area contributed by atoms with E-state index in [-0.39, 0.29) is 5.97 Å². The van der Waals surface area contributed by atoms with Gasteiger partial charge in [0, 0.05) is 6.54 Å². The molecule has 0 radical (unpaired) electrons. The number of nitrogens with one attached hydrogen (secondary N) is 1. The first kappa shape index (κ1) is 18.7. The molecule has 118 valence electrons. The molecule has 20 heavy (non-hydrogen) atoms. The van der Waals surface area contributed by atoms with Crippen molar-refractivity contribution in [3.05, 3.63) is 0 Å². The molecular weight excluding hydrogens is 258 g/mol. The molecule has 0 aliphatic carbocycles. The van der Waals surface area contributed by atoms with E-state index in [2.05, 4.69) is 12.2 Å². The molecule has 6 heteroatoms. The van der Waals surface area contributed by atoms with E-state index in [0.717, 1.165) is 12.8 Å². The highest BCUT2D eigenvalue weighted by atomic mass is 16.5. The molecule has 0 aliphatic heterocycles. The van der Waals surface area contributed by atoms with Gasteiger partial charge in [-0.05, 0) is 19.3 Å². The molecule has 0 aromatic heterocycles. The monoisotopic (exact) mass is 287 g/mol. The van der Waals surface area contributed by atoms with Gasteiger partial charge in [-0.2, -0.15) is 0 Å². The Hall–Kier alpha value is -1.30. The number of ether oxygens (including phenoxy) is 1. The number of carbonyl (C=O) groups excluding carboxylic acids is 2. The Morgan fingerprint density at radius 3 is 2.40 bits per heavy atom. The van der Waals surface area contributed by atoms with Crippen molar-refractivity contribution >= 4 is 12.0 Å².